The molecule has 4 nitrogen and oxygen atoms in total. The second-order valence-corrected chi connectivity index (χ2v) is 5.56. The van der Waals surface area contributed by atoms with E-state index in [4.69, 9.17) is 9.84 Å². The molecular formula is C13H23NO3. The van der Waals surface area contributed by atoms with Gasteiger partial charge in [0.25, 0.3) is 0 Å². The number of carbonyl (C=O) groups is 1. The Labute approximate surface area is 103 Å². The van der Waals surface area contributed by atoms with Crippen molar-refractivity contribution >= 4 is 6.09 Å². The number of piperidine rings is 1. The van der Waals surface area contributed by atoms with Crippen LogP contribution in [0.15, 0.2) is 12.2 Å². The van der Waals surface area contributed by atoms with E-state index in [1.165, 1.54) is 0 Å². The first-order valence-electron chi connectivity index (χ1n) is 6.10. The molecule has 17 heavy (non-hydrogen) atoms. The zero-order valence-electron chi connectivity index (χ0n) is 11.0. The van der Waals surface area contributed by atoms with E-state index in [9.17, 15) is 4.79 Å². The standard InChI is InChI=1S/C13H23NO3/c1-10-9-14(7-5-11(10)6-8-15)12(16)17-13(2,3)4/h11,15H,1,5-9H2,2-4H3. The lowest BCUT2D eigenvalue weighted by molar-refractivity contribution is 0.0226. The second-order valence-electron chi connectivity index (χ2n) is 5.56. The molecule has 0 aromatic carbocycles. The van der Waals surface area contributed by atoms with Crippen molar-refractivity contribution in [3.63, 3.8) is 0 Å². The molecule has 1 amide bonds. The van der Waals surface area contributed by atoms with Crippen LogP contribution in [-0.4, -0.2) is 41.4 Å². The molecule has 1 atom stereocenters. The van der Waals surface area contributed by atoms with Gasteiger partial charge in [-0.15, -0.1) is 0 Å². The molecule has 0 aromatic rings. The Morgan fingerprint density at radius 1 is 1.59 bits per heavy atom. The van der Waals surface area contributed by atoms with E-state index >= 15 is 0 Å². The quantitative estimate of drug-likeness (QED) is 0.754. The van der Waals surface area contributed by atoms with E-state index in [0.29, 0.717) is 19.0 Å². The van der Waals surface area contributed by atoms with Crippen LogP contribution in [0.4, 0.5) is 4.79 Å². The third kappa shape index (κ3) is 4.38. The number of hydrogen-bond acceptors (Lipinski definition) is 3. The van der Waals surface area contributed by atoms with E-state index in [0.717, 1.165) is 18.4 Å². The van der Waals surface area contributed by atoms with E-state index in [-0.39, 0.29) is 12.7 Å². The van der Waals surface area contributed by atoms with E-state index in [1.54, 1.807) is 4.90 Å². The molecule has 0 radical (unpaired) electrons. The van der Waals surface area contributed by atoms with Gasteiger partial charge in [-0.2, -0.15) is 0 Å². The van der Waals surface area contributed by atoms with Crippen LogP contribution in [-0.2, 0) is 4.74 Å². The fourth-order valence-electron chi connectivity index (χ4n) is 1.96. The minimum absolute atomic E-state index is 0.177. The van der Waals surface area contributed by atoms with Gasteiger partial charge in [0, 0.05) is 19.7 Å². The SMILES string of the molecule is C=C1CN(C(=O)OC(C)(C)C)CCC1CCO. The van der Waals surface area contributed by atoms with Crippen molar-refractivity contribution in [1.29, 1.82) is 0 Å². The first-order chi connectivity index (χ1) is 7.83. The first-order valence-corrected chi connectivity index (χ1v) is 6.10. The smallest absolute Gasteiger partial charge is 0.410 e. The van der Waals surface area contributed by atoms with Gasteiger partial charge in [0.1, 0.15) is 5.60 Å². The topological polar surface area (TPSA) is 49.8 Å². The van der Waals surface area contributed by atoms with Crippen LogP contribution in [0.25, 0.3) is 0 Å². The number of aliphatic hydroxyl groups is 1. The molecule has 1 aliphatic heterocycles. The van der Waals surface area contributed by atoms with Gasteiger partial charge < -0.3 is 14.7 Å². The highest BCUT2D eigenvalue weighted by Crippen LogP contribution is 2.25. The molecule has 1 aliphatic rings. The van der Waals surface area contributed by atoms with Crippen molar-refractivity contribution in [2.45, 2.75) is 39.2 Å². The van der Waals surface area contributed by atoms with Crippen molar-refractivity contribution < 1.29 is 14.6 Å². The fourth-order valence-corrected chi connectivity index (χ4v) is 1.96. The Morgan fingerprint density at radius 3 is 2.71 bits per heavy atom. The predicted octanol–water partition coefficient (Wildman–Crippen LogP) is 2.18. The summed E-state index contributed by atoms with van der Waals surface area (Å²) in [6.45, 7) is 11.0. The number of aliphatic hydroxyl groups excluding tert-OH is 1. The summed E-state index contributed by atoms with van der Waals surface area (Å²) in [6.07, 6.45) is 1.32. The van der Waals surface area contributed by atoms with Crippen molar-refractivity contribution in [1.82, 2.24) is 4.90 Å². The predicted molar refractivity (Wildman–Crippen MR) is 66.8 cm³/mol. The average Bonchev–Trinajstić information content (AvgIpc) is 2.18. The zero-order chi connectivity index (χ0) is 13.1. The number of amides is 1. The molecule has 0 aliphatic carbocycles. The normalized spacial score (nSPS) is 21.5. The average molecular weight is 241 g/mol. The summed E-state index contributed by atoms with van der Waals surface area (Å²) in [7, 11) is 0. The molecule has 1 rings (SSSR count). The van der Waals surface area contributed by atoms with Gasteiger partial charge in [-0.1, -0.05) is 12.2 Å². The maximum absolute atomic E-state index is 11.8. The molecule has 0 spiro atoms. The minimum Gasteiger partial charge on any atom is -0.444 e. The lowest BCUT2D eigenvalue weighted by Crippen LogP contribution is -2.42. The highest BCUT2D eigenvalue weighted by atomic mass is 16.6. The number of rotatable bonds is 2. The summed E-state index contributed by atoms with van der Waals surface area (Å²) in [5.41, 5.74) is 0.552. The summed E-state index contributed by atoms with van der Waals surface area (Å²) in [5, 5.41) is 8.92. The molecule has 0 bridgehead atoms. The Balaban J connectivity index is 2.49. The molecular weight excluding hydrogens is 218 g/mol. The van der Waals surface area contributed by atoms with E-state index in [1.807, 2.05) is 20.8 Å². The van der Waals surface area contributed by atoms with Gasteiger partial charge in [0.2, 0.25) is 0 Å². The van der Waals surface area contributed by atoms with Gasteiger partial charge in [-0.3, -0.25) is 0 Å². The number of hydrogen-bond donors (Lipinski definition) is 1. The summed E-state index contributed by atoms with van der Waals surface area (Å²) < 4.78 is 5.32. The first kappa shape index (κ1) is 14.0. The Hall–Kier alpha value is -1.03. The number of nitrogens with zero attached hydrogens (tertiary/aromatic N) is 1. The van der Waals surface area contributed by atoms with Gasteiger partial charge in [0.05, 0.1) is 0 Å². The van der Waals surface area contributed by atoms with Crippen molar-refractivity contribution in [2.24, 2.45) is 5.92 Å². The summed E-state index contributed by atoms with van der Waals surface area (Å²) in [4.78, 5) is 13.5. The van der Waals surface area contributed by atoms with Crippen LogP contribution in [0.3, 0.4) is 0 Å². The van der Waals surface area contributed by atoms with Crippen molar-refractivity contribution in [2.75, 3.05) is 19.7 Å². The van der Waals surface area contributed by atoms with E-state index < -0.39 is 5.60 Å². The Bertz CT molecular complexity index is 294. The molecule has 0 saturated carbocycles. The van der Waals surface area contributed by atoms with Crippen LogP contribution in [0.1, 0.15) is 33.6 Å². The third-order valence-electron chi connectivity index (χ3n) is 2.85. The van der Waals surface area contributed by atoms with Gasteiger partial charge in [-0.05, 0) is 39.5 Å². The number of carbonyl (C=O) groups excluding carboxylic acids is 1. The highest BCUT2D eigenvalue weighted by Gasteiger charge is 2.28. The molecule has 4 heteroatoms. The lowest BCUT2D eigenvalue weighted by atomic mass is 9.90. The Morgan fingerprint density at radius 2 is 2.24 bits per heavy atom. The summed E-state index contributed by atoms with van der Waals surface area (Å²) >= 11 is 0. The van der Waals surface area contributed by atoms with Gasteiger partial charge >= 0.3 is 6.09 Å². The van der Waals surface area contributed by atoms with Crippen molar-refractivity contribution in [3.8, 4) is 0 Å². The lowest BCUT2D eigenvalue weighted by Gasteiger charge is -2.34. The largest absolute Gasteiger partial charge is 0.444 e. The summed E-state index contributed by atoms with van der Waals surface area (Å²) in [6, 6.07) is 0. The third-order valence-corrected chi connectivity index (χ3v) is 2.85. The van der Waals surface area contributed by atoms with Crippen LogP contribution in [0.2, 0.25) is 0 Å². The van der Waals surface area contributed by atoms with Crippen LogP contribution in [0, 0.1) is 5.92 Å². The monoisotopic (exact) mass is 241 g/mol. The molecule has 0 aromatic heterocycles. The van der Waals surface area contributed by atoms with Crippen LogP contribution < -0.4 is 0 Å². The van der Waals surface area contributed by atoms with Crippen molar-refractivity contribution in [3.05, 3.63) is 12.2 Å². The summed E-state index contributed by atoms with van der Waals surface area (Å²) in [5.74, 6) is 0.332. The van der Waals surface area contributed by atoms with Gasteiger partial charge in [-0.25, -0.2) is 4.79 Å². The molecule has 1 saturated heterocycles. The Kier molecular flexibility index (Phi) is 4.57. The number of likely N-dealkylation sites (tertiary alicyclic amines) is 1. The van der Waals surface area contributed by atoms with Gasteiger partial charge in [0.15, 0.2) is 0 Å². The molecule has 1 fully saturated rings. The maximum Gasteiger partial charge on any atom is 0.410 e. The van der Waals surface area contributed by atoms with Crippen LogP contribution in [0.5, 0.6) is 0 Å². The fraction of sp³-hybridized carbons (Fsp3) is 0.769. The molecule has 1 unspecified atom stereocenters. The second kappa shape index (κ2) is 5.54. The van der Waals surface area contributed by atoms with Crippen LogP contribution >= 0.6 is 0 Å². The maximum atomic E-state index is 11.8. The van der Waals surface area contributed by atoms with E-state index in [2.05, 4.69) is 6.58 Å². The highest BCUT2D eigenvalue weighted by molar-refractivity contribution is 5.68. The molecule has 1 heterocycles. The minimum atomic E-state index is -0.458. The number of ether oxygens (including phenoxy) is 1. The zero-order valence-corrected chi connectivity index (χ0v) is 11.0. The molecule has 98 valence electrons. The molecule has 1 N–H and O–H groups in total.